The van der Waals surface area contributed by atoms with Crippen LogP contribution in [0.2, 0.25) is 0 Å². The van der Waals surface area contributed by atoms with Gasteiger partial charge >= 0.3 is 0 Å². The highest BCUT2D eigenvalue weighted by Crippen LogP contribution is 2.27. The summed E-state index contributed by atoms with van der Waals surface area (Å²) >= 11 is 0. The van der Waals surface area contributed by atoms with Crippen molar-refractivity contribution in [2.24, 2.45) is 5.92 Å². The third-order valence-corrected chi connectivity index (χ3v) is 3.80. The molecule has 0 unspecified atom stereocenters. The summed E-state index contributed by atoms with van der Waals surface area (Å²) in [7, 11) is 0. The lowest BCUT2D eigenvalue weighted by molar-refractivity contribution is 0.637. The Kier molecular flexibility index (Phi) is 5.91. The van der Waals surface area contributed by atoms with Crippen LogP contribution in [0.5, 0.6) is 0 Å². The van der Waals surface area contributed by atoms with Crippen LogP contribution in [-0.2, 0) is 19.3 Å². The number of rotatable bonds is 6. The van der Waals surface area contributed by atoms with Gasteiger partial charge in [-0.05, 0) is 66.8 Å². The first-order valence-corrected chi connectivity index (χ1v) is 7.62. The summed E-state index contributed by atoms with van der Waals surface area (Å²) in [5.41, 5.74) is 7.94. The first kappa shape index (κ1) is 15.3. The van der Waals surface area contributed by atoms with Crippen molar-refractivity contribution in [3.05, 3.63) is 33.9 Å². The van der Waals surface area contributed by atoms with Crippen molar-refractivity contribution in [3.63, 3.8) is 0 Å². The Labute approximate surface area is 114 Å². The molecule has 0 aromatic heterocycles. The van der Waals surface area contributed by atoms with Gasteiger partial charge in [-0.25, -0.2) is 0 Å². The Bertz CT molecular complexity index is 386. The summed E-state index contributed by atoms with van der Waals surface area (Å²) in [5, 5.41) is 0. The molecule has 0 heterocycles. The lowest BCUT2D eigenvalue weighted by Crippen LogP contribution is -2.07. The molecule has 0 bridgehead atoms. The van der Waals surface area contributed by atoms with Gasteiger partial charge in [0.05, 0.1) is 0 Å². The van der Waals surface area contributed by atoms with Crippen LogP contribution in [0.1, 0.15) is 68.4 Å². The van der Waals surface area contributed by atoms with Crippen LogP contribution < -0.4 is 0 Å². The summed E-state index contributed by atoms with van der Waals surface area (Å²) in [4.78, 5) is 0. The molecule has 0 nitrogen and oxygen atoms in total. The second-order valence-corrected chi connectivity index (χ2v) is 6.03. The number of benzene rings is 1. The standard InChI is InChI=1S/C18H30/c1-7-9-16-12-14(5)18(11-13(3)4)17(10-8-2)15(16)6/h12-13H,7-11H2,1-6H3. The van der Waals surface area contributed by atoms with E-state index >= 15 is 0 Å². The van der Waals surface area contributed by atoms with Gasteiger partial charge in [-0.3, -0.25) is 0 Å². The highest BCUT2D eigenvalue weighted by molar-refractivity contribution is 5.45. The molecule has 1 rings (SSSR count). The van der Waals surface area contributed by atoms with Gasteiger partial charge in [-0.15, -0.1) is 0 Å². The number of hydrogen-bond donors (Lipinski definition) is 0. The molecule has 0 amide bonds. The van der Waals surface area contributed by atoms with E-state index in [1.54, 1.807) is 22.3 Å². The Balaban J connectivity index is 3.27. The highest BCUT2D eigenvalue weighted by atomic mass is 14.2. The molecule has 0 heteroatoms. The second-order valence-electron chi connectivity index (χ2n) is 6.03. The van der Waals surface area contributed by atoms with Crippen LogP contribution in [-0.4, -0.2) is 0 Å². The maximum Gasteiger partial charge on any atom is -0.0250 e. The van der Waals surface area contributed by atoms with Crippen molar-refractivity contribution in [1.29, 1.82) is 0 Å². The molecule has 18 heavy (non-hydrogen) atoms. The molecule has 0 spiro atoms. The minimum Gasteiger partial charge on any atom is -0.0651 e. The molecule has 0 aliphatic carbocycles. The molecule has 0 fully saturated rings. The van der Waals surface area contributed by atoms with E-state index in [0.29, 0.717) is 0 Å². The molecule has 0 atom stereocenters. The van der Waals surface area contributed by atoms with Crippen LogP contribution in [0, 0.1) is 19.8 Å². The van der Waals surface area contributed by atoms with E-state index < -0.39 is 0 Å². The zero-order valence-corrected chi connectivity index (χ0v) is 13.2. The Morgan fingerprint density at radius 2 is 1.56 bits per heavy atom. The fourth-order valence-electron chi connectivity index (χ4n) is 2.92. The molecule has 0 saturated heterocycles. The monoisotopic (exact) mass is 246 g/mol. The molecular weight excluding hydrogens is 216 g/mol. The highest BCUT2D eigenvalue weighted by Gasteiger charge is 2.13. The van der Waals surface area contributed by atoms with E-state index in [1.165, 1.54) is 37.7 Å². The third-order valence-electron chi connectivity index (χ3n) is 3.80. The minimum atomic E-state index is 0.746. The van der Waals surface area contributed by atoms with E-state index in [-0.39, 0.29) is 0 Å². The predicted molar refractivity (Wildman–Crippen MR) is 82.4 cm³/mol. The fourth-order valence-corrected chi connectivity index (χ4v) is 2.92. The van der Waals surface area contributed by atoms with Gasteiger partial charge < -0.3 is 0 Å². The first-order chi connectivity index (χ1) is 8.51. The molecule has 0 aliphatic rings. The Hall–Kier alpha value is -0.780. The number of hydrogen-bond acceptors (Lipinski definition) is 0. The van der Waals surface area contributed by atoms with Crippen molar-refractivity contribution >= 4 is 0 Å². The predicted octanol–water partition coefficient (Wildman–Crippen LogP) is 5.41. The number of aryl methyl sites for hydroxylation is 2. The van der Waals surface area contributed by atoms with Crippen molar-refractivity contribution < 1.29 is 0 Å². The lowest BCUT2D eigenvalue weighted by atomic mass is 9.85. The molecule has 1 aromatic rings. The van der Waals surface area contributed by atoms with Gasteiger partial charge in [-0.2, -0.15) is 0 Å². The van der Waals surface area contributed by atoms with Gasteiger partial charge in [0.25, 0.3) is 0 Å². The molecule has 0 N–H and O–H groups in total. The summed E-state index contributed by atoms with van der Waals surface area (Å²) in [5.74, 6) is 0.746. The van der Waals surface area contributed by atoms with Crippen LogP contribution in [0.3, 0.4) is 0 Å². The summed E-state index contributed by atoms with van der Waals surface area (Å²) in [6, 6.07) is 2.44. The maximum absolute atomic E-state index is 2.44. The van der Waals surface area contributed by atoms with Crippen molar-refractivity contribution in [1.82, 2.24) is 0 Å². The Morgan fingerprint density at radius 3 is 2.06 bits per heavy atom. The van der Waals surface area contributed by atoms with Crippen molar-refractivity contribution in [3.8, 4) is 0 Å². The quantitative estimate of drug-likeness (QED) is 0.630. The van der Waals surface area contributed by atoms with Gasteiger partial charge in [0.1, 0.15) is 0 Å². The minimum absolute atomic E-state index is 0.746. The maximum atomic E-state index is 2.44. The van der Waals surface area contributed by atoms with E-state index in [4.69, 9.17) is 0 Å². The molecule has 0 radical (unpaired) electrons. The van der Waals surface area contributed by atoms with Crippen molar-refractivity contribution in [2.45, 2.75) is 73.6 Å². The smallest absolute Gasteiger partial charge is 0.0250 e. The Morgan fingerprint density at radius 1 is 0.944 bits per heavy atom. The van der Waals surface area contributed by atoms with E-state index in [0.717, 1.165) is 5.92 Å². The van der Waals surface area contributed by atoms with Crippen LogP contribution in [0.25, 0.3) is 0 Å². The zero-order chi connectivity index (χ0) is 13.7. The van der Waals surface area contributed by atoms with E-state index in [9.17, 15) is 0 Å². The van der Waals surface area contributed by atoms with Crippen LogP contribution in [0.15, 0.2) is 6.07 Å². The molecule has 1 aromatic carbocycles. The average molecular weight is 246 g/mol. The van der Waals surface area contributed by atoms with E-state index in [1.807, 2.05) is 0 Å². The second kappa shape index (κ2) is 6.97. The molecular formula is C18H30. The largest absolute Gasteiger partial charge is 0.0651 e. The van der Waals surface area contributed by atoms with E-state index in [2.05, 4.69) is 47.6 Å². The van der Waals surface area contributed by atoms with Gasteiger partial charge in [0.2, 0.25) is 0 Å². The summed E-state index contributed by atoms with van der Waals surface area (Å²) in [6.07, 6.45) is 6.20. The zero-order valence-electron chi connectivity index (χ0n) is 13.2. The topological polar surface area (TPSA) is 0 Å². The SMILES string of the molecule is CCCc1cc(C)c(CC(C)C)c(CCC)c1C. The van der Waals surface area contributed by atoms with Gasteiger partial charge in [-0.1, -0.05) is 46.6 Å². The van der Waals surface area contributed by atoms with Gasteiger partial charge in [0.15, 0.2) is 0 Å². The molecule has 0 saturated carbocycles. The molecule has 102 valence electrons. The van der Waals surface area contributed by atoms with Crippen LogP contribution >= 0.6 is 0 Å². The lowest BCUT2D eigenvalue weighted by Gasteiger charge is -2.20. The summed E-state index contributed by atoms with van der Waals surface area (Å²) in [6.45, 7) is 13.8. The normalized spacial score (nSPS) is 11.3. The first-order valence-electron chi connectivity index (χ1n) is 7.62. The van der Waals surface area contributed by atoms with Crippen LogP contribution in [0.4, 0.5) is 0 Å². The summed E-state index contributed by atoms with van der Waals surface area (Å²) < 4.78 is 0. The third kappa shape index (κ3) is 3.60. The molecule has 0 aliphatic heterocycles. The van der Waals surface area contributed by atoms with Gasteiger partial charge in [0, 0.05) is 0 Å². The van der Waals surface area contributed by atoms with Crippen molar-refractivity contribution in [2.75, 3.05) is 0 Å². The fraction of sp³-hybridized carbons (Fsp3) is 0.667. The average Bonchev–Trinajstić information content (AvgIpc) is 2.30.